The van der Waals surface area contributed by atoms with E-state index in [2.05, 4.69) is 0 Å². The fourth-order valence-corrected chi connectivity index (χ4v) is 1.13. The molecule has 0 bridgehead atoms. The molecule has 0 aliphatic heterocycles. The average Bonchev–Trinajstić information content (AvgIpc) is 2.13. The zero-order chi connectivity index (χ0) is 6.85. The first-order valence-corrected chi connectivity index (χ1v) is 2.99. The highest BCUT2D eigenvalue weighted by Gasteiger charge is 2.36. The normalized spacial score (nSPS) is 34.8. The SMILES string of the molecule is O=[N+]([O-])C1CCCC1F. The summed E-state index contributed by atoms with van der Waals surface area (Å²) in [4.78, 5) is 9.46. The number of rotatable bonds is 1. The van der Waals surface area contributed by atoms with Crippen LogP contribution in [0.25, 0.3) is 0 Å². The molecule has 0 spiro atoms. The van der Waals surface area contributed by atoms with E-state index in [-0.39, 0.29) is 0 Å². The van der Waals surface area contributed by atoms with Crippen LogP contribution in [0.2, 0.25) is 0 Å². The largest absolute Gasteiger partial charge is 0.264 e. The van der Waals surface area contributed by atoms with Crippen molar-refractivity contribution in [3.8, 4) is 0 Å². The van der Waals surface area contributed by atoms with E-state index >= 15 is 0 Å². The van der Waals surface area contributed by atoms with Gasteiger partial charge >= 0.3 is 0 Å². The van der Waals surface area contributed by atoms with Gasteiger partial charge in [0.25, 0.3) is 0 Å². The molecule has 0 heterocycles. The molecule has 2 atom stereocenters. The third-order valence-corrected chi connectivity index (χ3v) is 1.67. The second-order valence-electron chi connectivity index (χ2n) is 2.30. The predicted octanol–water partition coefficient (Wildman–Crippen LogP) is 1.15. The summed E-state index contributed by atoms with van der Waals surface area (Å²) >= 11 is 0. The number of halogens is 1. The molecule has 0 aromatic rings. The summed E-state index contributed by atoms with van der Waals surface area (Å²) in [6, 6.07) is -0.912. The van der Waals surface area contributed by atoms with Gasteiger partial charge in [-0.25, -0.2) is 4.39 Å². The van der Waals surface area contributed by atoms with Crippen molar-refractivity contribution in [3.63, 3.8) is 0 Å². The molecule has 0 amide bonds. The number of alkyl halides is 1. The van der Waals surface area contributed by atoms with E-state index in [0.717, 1.165) is 0 Å². The molecule has 0 radical (unpaired) electrons. The van der Waals surface area contributed by atoms with E-state index in [1.807, 2.05) is 0 Å². The summed E-state index contributed by atoms with van der Waals surface area (Å²) in [5.74, 6) is 0. The van der Waals surface area contributed by atoms with E-state index in [1.165, 1.54) is 0 Å². The smallest absolute Gasteiger partial charge is 0.243 e. The van der Waals surface area contributed by atoms with Gasteiger partial charge in [0.1, 0.15) is 0 Å². The van der Waals surface area contributed by atoms with Crippen molar-refractivity contribution in [1.82, 2.24) is 0 Å². The Morgan fingerprint density at radius 3 is 2.44 bits per heavy atom. The number of hydrogen-bond donors (Lipinski definition) is 0. The first kappa shape index (κ1) is 6.45. The Bertz CT molecular complexity index is 128. The molecule has 1 fully saturated rings. The Balaban J connectivity index is 2.49. The maximum absolute atomic E-state index is 12.4. The second kappa shape index (κ2) is 2.29. The van der Waals surface area contributed by atoms with Gasteiger partial charge in [-0.15, -0.1) is 0 Å². The second-order valence-corrected chi connectivity index (χ2v) is 2.30. The van der Waals surface area contributed by atoms with E-state index in [1.54, 1.807) is 0 Å². The lowest BCUT2D eigenvalue weighted by atomic mass is 10.2. The molecule has 2 unspecified atom stereocenters. The summed E-state index contributed by atoms with van der Waals surface area (Å²) in [7, 11) is 0. The van der Waals surface area contributed by atoms with Crippen LogP contribution in [0.1, 0.15) is 19.3 Å². The van der Waals surface area contributed by atoms with Crippen LogP contribution in [0.15, 0.2) is 0 Å². The van der Waals surface area contributed by atoms with Crippen LogP contribution in [0.3, 0.4) is 0 Å². The van der Waals surface area contributed by atoms with Gasteiger partial charge in [0.05, 0.1) is 0 Å². The molecule has 1 rings (SSSR count). The van der Waals surface area contributed by atoms with Gasteiger partial charge in [-0.05, 0) is 12.8 Å². The van der Waals surface area contributed by atoms with E-state index in [0.29, 0.717) is 19.3 Å². The summed E-state index contributed by atoms with van der Waals surface area (Å²) in [6.07, 6.45) is 0.243. The van der Waals surface area contributed by atoms with E-state index < -0.39 is 17.1 Å². The van der Waals surface area contributed by atoms with Crippen molar-refractivity contribution >= 4 is 0 Å². The third kappa shape index (κ3) is 1.17. The van der Waals surface area contributed by atoms with Crippen LogP contribution in [0.5, 0.6) is 0 Å². The molecular formula is C5H8FNO2. The van der Waals surface area contributed by atoms with Gasteiger partial charge in [0.2, 0.25) is 6.04 Å². The lowest BCUT2D eigenvalue weighted by Crippen LogP contribution is -2.24. The van der Waals surface area contributed by atoms with Crippen molar-refractivity contribution < 1.29 is 9.31 Å². The first-order valence-electron chi connectivity index (χ1n) is 2.99. The molecule has 4 heteroatoms. The monoisotopic (exact) mass is 133 g/mol. The lowest BCUT2D eigenvalue weighted by molar-refractivity contribution is -0.527. The van der Waals surface area contributed by atoms with Crippen molar-refractivity contribution in [3.05, 3.63) is 10.1 Å². The Labute approximate surface area is 52.0 Å². The fourth-order valence-electron chi connectivity index (χ4n) is 1.13. The topological polar surface area (TPSA) is 43.1 Å². The van der Waals surface area contributed by atoms with Gasteiger partial charge < -0.3 is 0 Å². The minimum absolute atomic E-state index is 0.367. The highest BCUT2D eigenvalue weighted by molar-refractivity contribution is 4.75. The van der Waals surface area contributed by atoms with Crippen LogP contribution in [-0.2, 0) is 0 Å². The standard InChI is InChI=1S/C5H8FNO2/c6-4-2-1-3-5(4)7(8)9/h4-5H,1-3H2. The molecule has 0 N–H and O–H groups in total. The number of nitro groups is 1. The molecule has 0 aromatic carbocycles. The zero-order valence-corrected chi connectivity index (χ0v) is 4.92. The average molecular weight is 133 g/mol. The molecule has 1 aliphatic rings. The Kier molecular flexibility index (Phi) is 1.64. The fraction of sp³-hybridized carbons (Fsp3) is 1.00. The summed E-state index contributed by atoms with van der Waals surface area (Å²) in [5, 5.41) is 9.98. The molecule has 0 saturated heterocycles. The highest BCUT2D eigenvalue weighted by atomic mass is 19.1. The van der Waals surface area contributed by atoms with Crippen LogP contribution < -0.4 is 0 Å². The summed E-state index contributed by atoms with van der Waals surface area (Å²) in [5.41, 5.74) is 0. The number of hydrogen-bond acceptors (Lipinski definition) is 2. The Morgan fingerprint density at radius 2 is 2.22 bits per heavy atom. The maximum atomic E-state index is 12.4. The highest BCUT2D eigenvalue weighted by Crippen LogP contribution is 2.23. The molecule has 1 aliphatic carbocycles. The van der Waals surface area contributed by atoms with Crippen LogP contribution in [0.4, 0.5) is 4.39 Å². The van der Waals surface area contributed by atoms with Crippen molar-refractivity contribution in [2.24, 2.45) is 0 Å². The molecule has 1 saturated carbocycles. The van der Waals surface area contributed by atoms with Crippen LogP contribution in [0, 0.1) is 10.1 Å². The summed E-state index contributed by atoms with van der Waals surface area (Å²) in [6.45, 7) is 0. The van der Waals surface area contributed by atoms with Gasteiger partial charge in [0.15, 0.2) is 6.17 Å². The maximum Gasteiger partial charge on any atom is 0.243 e. The van der Waals surface area contributed by atoms with Crippen molar-refractivity contribution in [2.45, 2.75) is 31.5 Å². The molecular weight excluding hydrogens is 125 g/mol. The Morgan fingerprint density at radius 1 is 1.56 bits per heavy atom. The molecule has 52 valence electrons. The third-order valence-electron chi connectivity index (χ3n) is 1.67. The minimum Gasteiger partial charge on any atom is -0.264 e. The number of nitrogens with zero attached hydrogens (tertiary/aromatic N) is 1. The predicted molar refractivity (Wildman–Crippen MR) is 29.5 cm³/mol. The van der Waals surface area contributed by atoms with E-state index in [9.17, 15) is 14.5 Å². The van der Waals surface area contributed by atoms with Crippen molar-refractivity contribution in [2.75, 3.05) is 0 Å². The van der Waals surface area contributed by atoms with Crippen molar-refractivity contribution in [1.29, 1.82) is 0 Å². The molecule has 3 nitrogen and oxygen atoms in total. The zero-order valence-electron chi connectivity index (χ0n) is 4.92. The summed E-state index contributed by atoms with van der Waals surface area (Å²) < 4.78 is 12.4. The van der Waals surface area contributed by atoms with Crippen LogP contribution >= 0.6 is 0 Å². The quantitative estimate of drug-likeness (QED) is 0.398. The Hall–Kier alpha value is -0.670. The van der Waals surface area contributed by atoms with Gasteiger partial charge in [-0.2, -0.15) is 0 Å². The minimum atomic E-state index is -1.19. The first-order chi connectivity index (χ1) is 4.22. The van der Waals surface area contributed by atoms with E-state index in [4.69, 9.17) is 0 Å². The van der Waals surface area contributed by atoms with Gasteiger partial charge in [-0.1, -0.05) is 0 Å². The molecule has 9 heavy (non-hydrogen) atoms. The van der Waals surface area contributed by atoms with Crippen LogP contribution in [-0.4, -0.2) is 17.1 Å². The molecule has 0 aromatic heterocycles. The lowest BCUT2D eigenvalue weighted by Gasteiger charge is -2.01. The van der Waals surface area contributed by atoms with Gasteiger partial charge in [0, 0.05) is 11.3 Å². The van der Waals surface area contributed by atoms with Gasteiger partial charge in [-0.3, -0.25) is 10.1 Å².